The average molecular weight is 334 g/mol. The van der Waals surface area contributed by atoms with Gasteiger partial charge in [-0.05, 0) is 47.7 Å². The minimum atomic E-state index is -0.162. The topological polar surface area (TPSA) is 45.2 Å². The number of nitrogens with one attached hydrogen (secondary N) is 1. The fraction of sp³-hybridized carbons (Fsp3) is 0.200. The summed E-state index contributed by atoms with van der Waals surface area (Å²) in [5.41, 5.74) is 2.43. The van der Waals surface area contributed by atoms with Crippen LogP contribution in [0, 0.1) is 0 Å². The summed E-state index contributed by atoms with van der Waals surface area (Å²) in [4.78, 5) is 18.3. The van der Waals surface area contributed by atoms with Gasteiger partial charge in [0.1, 0.15) is 0 Å². The molecule has 0 aliphatic carbocycles. The van der Waals surface area contributed by atoms with E-state index in [0.717, 1.165) is 22.3 Å². The predicted octanol–water partition coefficient (Wildman–Crippen LogP) is 3.16. The number of carbonyl (C=O) groups is 1. The maximum absolute atomic E-state index is 12.2. The fourth-order valence-electron chi connectivity index (χ4n) is 1.85. The second-order valence-corrected chi connectivity index (χ2v) is 5.66. The highest BCUT2D eigenvalue weighted by Crippen LogP contribution is 2.18. The molecular formula is C15H16BrN3O. The van der Waals surface area contributed by atoms with Gasteiger partial charge in [-0.3, -0.25) is 9.78 Å². The van der Waals surface area contributed by atoms with Crippen LogP contribution in [0.2, 0.25) is 0 Å². The summed E-state index contributed by atoms with van der Waals surface area (Å²) in [5.74, 6) is -0.162. The molecule has 0 aliphatic rings. The van der Waals surface area contributed by atoms with E-state index in [2.05, 4.69) is 31.1 Å². The van der Waals surface area contributed by atoms with Gasteiger partial charge in [-0.1, -0.05) is 18.2 Å². The predicted molar refractivity (Wildman–Crippen MR) is 83.7 cm³/mol. The summed E-state index contributed by atoms with van der Waals surface area (Å²) in [6.45, 7) is 0.771. The van der Waals surface area contributed by atoms with Crippen molar-refractivity contribution in [3.8, 4) is 0 Å². The molecule has 0 bridgehead atoms. The van der Waals surface area contributed by atoms with Crippen LogP contribution in [0.4, 0.5) is 5.69 Å². The monoisotopic (exact) mass is 333 g/mol. The molecule has 1 heterocycles. The molecule has 0 saturated carbocycles. The van der Waals surface area contributed by atoms with Gasteiger partial charge >= 0.3 is 0 Å². The Morgan fingerprint density at radius 1 is 1.30 bits per heavy atom. The molecule has 4 nitrogen and oxygen atoms in total. The van der Waals surface area contributed by atoms with Crippen molar-refractivity contribution >= 4 is 27.5 Å². The molecule has 1 N–H and O–H groups in total. The molecule has 1 amide bonds. The van der Waals surface area contributed by atoms with E-state index in [9.17, 15) is 4.79 Å². The van der Waals surface area contributed by atoms with E-state index in [0.29, 0.717) is 5.56 Å². The Labute approximate surface area is 127 Å². The van der Waals surface area contributed by atoms with E-state index < -0.39 is 0 Å². The number of amides is 1. The third-order valence-corrected chi connectivity index (χ3v) is 3.15. The molecule has 0 unspecified atom stereocenters. The Morgan fingerprint density at radius 2 is 2.05 bits per heavy atom. The van der Waals surface area contributed by atoms with Crippen molar-refractivity contribution in [1.82, 2.24) is 9.88 Å². The van der Waals surface area contributed by atoms with Gasteiger partial charge < -0.3 is 10.2 Å². The van der Waals surface area contributed by atoms with E-state index in [4.69, 9.17) is 0 Å². The van der Waals surface area contributed by atoms with Gasteiger partial charge in [0.15, 0.2) is 0 Å². The molecule has 2 rings (SSSR count). The van der Waals surface area contributed by atoms with Crippen LogP contribution >= 0.6 is 15.9 Å². The van der Waals surface area contributed by atoms with Crippen LogP contribution in [0.5, 0.6) is 0 Å². The second-order valence-electron chi connectivity index (χ2n) is 4.74. The summed E-state index contributed by atoms with van der Waals surface area (Å²) < 4.78 is 0.784. The van der Waals surface area contributed by atoms with Gasteiger partial charge in [0.05, 0.1) is 5.56 Å². The van der Waals surface area contributed by atoms with Crippen molar-refractivity contribution in [2.45, 2.75) is 6.54 Å². The first kappa shape index (κ1) is 14.7. The van der Waals surface area contributed by atoms with Gasteiger partial charge in [0.25, 0.3) is 5.91 Å². The molecule has 0 atom stereocenters. The van der Waals surface area contributed by atoms with Gasteiger partial charge in [-0.2, -0.15) is 0 Å². The molecule has 2 aromatic rings. The number of pyridine rings is 1. The van der Waals surface area contributed by atoms with Crippen LogP contribution in [0.25, 0.3) is 0 Å². The molecule has 0 saturated heterocycles. The standard InChI is InChI=1S/C15H16BrN3O/c1-19(2)10-11-5-3-4-6-14(11)18-15(20)12-7-13(16)9-17-8-12/h3-9H,10H2,1-2H3,(H,18,20). The fourth-order valence-corrected chi connectivity index (χ4v) is 2.22. The molecular weight excluding hydrogens is 318 g/mol. The normalized spacial score (nSPS) is 10.6. The van der Waals surface area contributed by atoms with Crippen molar-refractivity contribution < 1.29 is 4.79 Å². The second kappa shape index (κ2) is 6.63. The van der Waals surface area contributed by atoms with Crippen molar-refractivity contribution in [2.75, 3.05) is 19.4 Å². The quantitative estimate of drug-likeness (QED) is 0.934. The van der Waals surface area contributed by atoms with Gasteiger partial charge in [0, 0.05) is 29.1 Å². The van der Waals surface area contributed by atoms with Crippen LogP contribution < -0.4 is 5.32 Å². The average Bonchev–Trinajstić information content (AvgIpc) is 2.40. The molecule has 0 aliphatic heterocycles. The smallest absolute Gasteiger partial charge is 0.257 e. The van der Waals surface area contributed by atoms with Crippen LogP contribution in [0.15, 0.2) is 47.2 Å². The maximum Gasteiger partial charge on any atom is 0.257 e. The van der Waals surface area contributed by atoms with E-state index in [-0.39, 0.29) is 5.91 Å². The van der Waals surface area contributed by atoms with Crippen LogP contribution in [0.3, 0.4) is 0 Å². The number of para-hydroxylation sites is 1. The first-order valence-corrected chi connectivity index (χ1v) is 7.00. The molecule has 20 heavy (non-hydrogen) atoms. The van der Waals surface area contributed by atoms with Crippen molar-refractivity contribution in [1.29, 1.82) is 0 Å². The number of hydrogen-bond donors (Lipinski definition) is 1. The first-order chi connectivity index (χ1) is 9.56. The number of hydrogen-bond acceptors (Lipinski definition) is 3. The third-order valence-electron chi connectivity index (χ3n) is 2.72. The van der Waals surface area contributed by atoms with Crippen LogP contribution in [0.1, 0.15) is 15.9 Å². The highest BCUT2D eigenvalue weighted by atomic mass is 79.9. The Morgan fingerprint density at radius 3 is 2.75 bits per heavy atom. The minimum Gasteiger partial charge on any atom is -0.322 e. The minimum absolute atomic E-state index is 0.162. The zero-order valence-corrected chi connectivity index (χ0v) is 13.0. The molecule has 0 radical (unpaired) electrons. The van der Waals surface area contributed by atoms with E-state index in [1.807, 2.05) is 38.4 Å². The molecule has 1 aromatic heterocycles. The van der Waals surface area contributed by atoms with E-state index in [1.165, 1.54) is 0 Å². The maximum atomic E-state index is 12.2. The van der Waals surface area contributed by atoms with Gasteiger partial charge in [0.2, 0.25) is 0 Å². The Hall–Kier alpha value is -1.72. The Kier molecular flexibility index (Phi) is 4.87. The lowest BCUT2D eigenvalue weighted by Crippen LogP contribution is -2.16. The number of halogens is 1. The molecule has 1 aromatic carbocycles. The van der Waals surface area contributed by atoms with Crippen LogP contribution in [-0.4, -0.2) is 29.9 Å². The first-order valence-electron chi connectivity index (χ1n) is 6.21. The van der Waals surface area contributed by atoms with Crippen molar-refractivity contribution in [3.63, 3.8) is 0 Å². The summed E-state index contributed by atoms with van der Waals surface area (Å²) >= 11 is 3.31. The number of rotatable bonds is 4. The largest absolute Gasteiger partial charge is 0.322 e. The van der Waals surface area contributed by atoms with Crippen molar-refractivity contribution in [2.24, 2.45) is 0 Å². The highest BCUT2D eigenvalue weighted by Gasteiger charge is 2.10. The van der Waals surface area contributed by atoms with E-state index >= 15 is 0 Å². The lowest BCUT2D eigenvalue weighted by Gasteiger charge is -2.14. The van der Waals surface area contributed by atoms with Gasteiger partial charge in [-0.25, -0.2) is 0 Å². The molecule has 5 heteroatoms. The number of carbonyl (C=O) groups excluding carboxylic acids is 1. The number of benzene rings is 1. The summed E-state index contributed by atoms with van der Waals surface area (Å²) in [7, 11) is 3.99. The molecule has 0 spiro atoms. The number of aromatic nitrogens is 1. The van der Waals surface area contributed by atoms with Crippen molar-refractivity contribution in [3.05, 3.63) is 58.3 Å². The Balaban J connectivity index is 2.19. The third kappa shape index (κ3) is 3.88. The number of anilines is 1. The summed E-state index contributed by atoms with van der Waals surface area (Å²) in [6.07, 6.45) is 3.20. The lowest BCUT2D eigenvalue weighted by atomic mass is 10.1. The number of nitrogens with zero attached hydrogens (tertiary/aromatic N) is 2. The Bertz CT molecular complexity index is 614. The summed E-state index contributed by atoms with van der Waals surface area (Å²) in [6, 6.07) is 9.54. The zero-order chi connectivity index (χ0) is 14.5. The zero-order valence-electron chi connectivity index (χ0n) is 11.4. The van der Waals surface area contributed by atoms with E-state index in [1.54, 1.807) is 18.5 Å². The van der Waals surface area contributed by atoms with Gasteiger partial charge in [-0.15, -0.1) is 0 Å². The highest BCUT2D eigenvalue weighted by molar-refractivity contribution is 9.10. The SMILES string of the molecule is CN(C)Cc1ccccc1NC(=O)c1cncc(Br)c1. The molecule has 0 fully saturated rings. The lowest BCUT2D eigenvalue weighted by molar-refractivity contribution is 0.102. The summed E-state index contributed by atoms with van der Waals surface area (Å²) in [5, 5.41) is 2.93. The molecule has 104 valence electrons. The van der Waals surface area contributed by atoms with Crippen LogP contribution in [-0.2, 0) is 6.54 Å².